The number of methoxy groups -OCH3 is 1. The van der Waals surface area contributed by atoms with Crippen LogP contribution in [0.5, 0.6) is 0 Å². The summed E-state index contributed by atoms with van der Waals surface area (Å²) in [5.41, 5.74) is -4.28. The number of aliphatic hydroxyl groups is 5. The zero-order valence-corrected chi connectivity index (χ0v) is 23.2. The van der Waals surface area contributed by atoms with Crippen molar-refractivity contribution in [1.29, 1.82) is 0 Å². The summed E-state index contributed by atoms with van der Waals surface area (Å²) in [6.45, 7) is 9.08. The number of allylic oxidation sites excluding steroid dienone is 1. The SMILES string of the molecule is COC(=O)C(C)(C)CC[C@H](O)[C@](C)(O)[C@@H]1CC[C@@]2(O)C3=CC(=O)[C@@H]4C[C@@H](O)[C@H](O)C[C@]4(C)[C@H]3CC[C@@]12C. The topological polar surface area (TPSA) is 145 Å². The third kappa shape index (κ3) is 4.13. The number of rotatable bonds is 6. The maximum atomic E-state index is 13.3. The summed E-state index contributed by atoms with van der Waals surface area (Å²) < 4.78 is 4.87. The number of fused-ring (bicyclic) bond motifs is 5. The van der Waals surface area contributed by atoms with Gasteiger partial charge in [-0.2, -0.15) is 0 Å². The molecule has 8 nitrogen and oxygen atoms in total. The highest BCUT2D eigenvalue weighted by molar-refractivity contribution is 5.95. The molecule has 0 unspecified atom stereocenters. The van der Waals surface area contributed by atoms with Crippen molar-refractivity contribution in [1.82, 2.24) is 0 Å². The average Bonchev–Trinajstić information content (AvgIpc) is 3.11. The lowest BCUT2D eigenvalue weighted by Crippen LogP contribution is -2.62. The van der Waals surface area contributed by atoms with E-state index in [9.17, 15) is 35.1 Å². The van der Waals surface area contributed by atoms with Gasteiger partial charge in [-0.05, 0) is 101 Å². The third-order valence-electron chi connectivity index (χ3n) is 11.3. The van der Waals surface area contributed by atoms with Crippen LogP contribution in [0.4, 0.5) is 0 Å². The van der Waals surface area contributed by atoms with Crippen molar-refractivity contribution in [2.24, 2.45) is 34.0 Å². The highest BCUT2D eigenvalue weighted by atomic mass is 16.5. The molecule has 210 valence electrons. The summed E-state index contributed by atoms with van der Waals surface area (Å²) in [6, 6.07) is 0. The van der Waals surface area contributed by atoms with Crippen LogP contribution in [0.3, 0.4) is 0 Å². The second-order valence-corrected chi connectivity index (χ2v) is 13.8. The van der Waals surface area contributed by atoms with Crippen LogP contribution in [0.1, 0.15) is 86.0 Å². The van der Waals surface area contributed by atoms with E-state index in [0.717, 1.165) is 0 Å². The maximum absolute atomic E-state index is 13.3. The van der Waals surface area contributed by atoms with Gasteiger partial charge in [0.1, 0.15) is 0 Å². The molecule has 0 spiro atoms. The van der Waals surface area contributed by atoms with Crippen LogP contribution in [-0.4, -0.2) is 73.9 Å². The Morgan fingerprint density at radius 3 is 2.41 bits per heavy atom. The second-order valence-electron chi connectivity index (χ2n) is 13.8. The quantitative estimate of drug-likeness (QED) is 0.334. The third-order valence-corrected chi connectivity index (χ3v) is 11.3. The van der Waals surface area contributed by atoms with Crippen LogP contribution in [0, 0.1) is 34.0 Å². The van der Waals surface area contributed by atoms with Crippen LogP contribution in [-0.2, 0) is 14.3 Å². The molecule has 4 rings (SSSR count). The number of esters is 1. The fourth-order valence-corrected chi connectivity index (χ4v) is 8.71. The Kier molecular flexibility index (Phi) is 7.07. The first-order valence-corrected chi connectivity index (χ1v) is 13.8. The fraction of sp³-hybridized carbons (Fsp3) is 0.862. The van der Waals surface area contributed by atoms with Crippen molar-refractivity contribution in [3.05, 3.63) is 11.6 Å². The van der Waals surface area contributed by atoms with E-state index in [2.05, 4.69) is 0 Å². The van der Waals surface area contributed by atoms with Gasteiger partial charge < -0.3 is 30.3 Å². The summed E-state index contributed by atoms with van der Waals surface area (Å²) in [6.07, 6.45) is 1.83. The number of ketones is 1. The summed E-state index contributed by atoms with van der Waals surface area (Å²) in [7, 11) is 1.33. The van der Waals surface area contributed by atoms with E-state index < -0.39 is 57.6 Å². The highest BCUT2D eigenvalue weighted by Gasteiger charge is 2.69. The normalized spacial score (nSPS) is 44.1. The summed E-state index contributed by atoms with van der Waals surface area (Å²) in [4.78, 5) is 25.4. The first kappa shape index (κ1) is 28.7. The number of ether oxygens (including phenoxy) is 1. The molecule has 8 heteroatoms. The Bertz CT molecular complexity index is 971. The number of hydrogen-bond acceptors (Lipinski definition) is 8. The van der Waals surface area contributed by atoms with Crippen LogP contribution < -0.4 is 0 Å². The minimum Gasteiger partial charge on any atom is -0.469 e. The van der Waals surface area contributed by atoms with Crippen molar-refractivity contribution in [2.45, 2.75) is 115 Å². The van der Waals surface area contributed by atoms with E-state index in [-0.39, 0.29) is 30.5 Å². The average molecular weight is 523 g/mol. The summed E-state index contributed by atoms with van der Waals surface area (Å²) in [5, 5.41) is 55.9. The van der Waals surface area contributed by atoms with Gasteiger partial charge in [0.15, 0.2) is 5.78 Å². The summed E-state index contributed by atoms with van der Waals surface area (Å²) >= 11 is 0. The van der Waals surface area contributed by atoms with Crippen molar-refractivity contribution in [3.63, 3.8) is 0 Å². The predicted molar refractivity (Wildman–Crippen MR) is 136 cm³/mol. The number of hydrogen-bond donors (Lipinski definition) is 5. The van der Waals surface area contributed by atoms with Gasteiger partial charge in [-0.3, -0.25) is 9.59 Å². The molecule has 0 radical (unpaired) electrons. The van der Waals surface area contributed by atoms with Crippen LogP contribution in [0.25, 0.3) is 0 Å². The molecule has 10 atom stereocenters. The molecule has 5 N–H and O–H groups in total. The molecule has 0 bridgehead atoms. The molecule has 0 aromatic rings. The molecule has 4 aliphatic rings. The van der Waals surface area contributed by atoms with E-state index in [1.807, 2.05) is 13.8 Å². The summed E-state index contributed by atoms with van der Waals surface area (Å²) in [5.74, 6) is -1.42. The Balaban J connectivity index is 1.61. The van der Waals surface area contributed by atoms with Gasteiger partial charge in [-0.15, -0.1) is 0 Å². The van der Waals surface area contributed by atoms with Gasteiger partial charge in [0.2, 0.25) is 0 Å². The Morgan fingerprint density at radius 1 is 1.14 bits per heavy atom. The van der Waals surface area contributed by atoms with Crippen molar-refractivity contribution >= 4 is 11.8 Å². The van der Waals surface area contributed by atoms with Gasteiger partial charge in [0.05, 0.1) is 42.0 Å². The van der Waals surface area contributed by atoms with Crippen molar-refractivity contribution in [3.8, 4) is 0 Å². The molecule has 0 aromatic carbocycles. The minimum atomic E-state index is -1.52. The van der Waals surface area contributed by atoms with Crippen LogP contribution in [0.2, 0.25) is 0 Å². The molecule has 0 aromatic heterocycles. The first-order valence-electron chi connectivity index (χ1n) is 13.8. The fourth-order valence-electron chi connectivity index (χ4n) is 8.71. The molecule has 0 heterocycles. The largest absolute Gasteiger partial charge is 0.469 e. The van der Waals surface area contributed by atoms with E-state index in [0.29, 0.717) is 44.1 Å². The molecule has 0 amide bonds. The van der Waals surface area contributed by atoms with Gasteiger partial charge in [0, 0.05) is 11.3 Å². The molecule has 3 saturated carbocycles. The van der Waals surface area contributed by atoms with Crippen molar-refractivity contribution < 1.29 is 39.9 Å². The molecule has 0 saturated heterocycles. The standard InChI is InChI=1S/C29H46O8/c1-25(2,24(34)37-6)10-9-23(33)28(5,35)22-8-12-29(36)17-13-19(30)18-14-20(31)21(32)15-26(18,3)16(17)7-11-27(22,29)4/h13,16,18,20-23,31-33,35-36H,7-12,14-15H2,1-6H3/t16-,18-,20+,21+,22+,23-,26+,27-,28+,29+/m0/s1. The molecule has 37 heavy (non-hydrogen) atoms. The zero-order chi connectivity index (χ0) is 27.8. The van der Waals surface area contributed by atoms with Gasteiger partial charge >= 0.3 is 5.97 Å². The van der Waals surface area contributed by atoms with E-state index in [1.54, 1.807) is 26.8 Å². The van der Waals surface area contributed by atoms with Gasteiger partial charge in [-0.25, -0.2) is 0 Å². The molecule has 4 aliphatic carbocycles. The van der Waals surface area contributed by atoms with E-state index in [1.165, 1.54) is 7.11 Å². The smallest absolute Gasteiger partial charge is 0.311 e. The molecule has 3 fully saturated rings. The van der Waals surface area contributed by atoms with Crippen LogP contribution in [0.15, 0.2) is 11.6 Å². The number of carbonyl (C=O) groups is 2. The Morgan fingerprint density at radius 2 is 1.78 bits per heavy atom. The predicted octanol–water partition coefficient (Wildman–Crippen LogP) is 2.28. The highest BCUT2D eigenvalue weighted by Crippen LogP contribution is 2.68. The number of carbonyl (C=O) groups excluding carboxylic acids is 2. The lowest BCUT2D eigenvalue weighted by molar-refractivity contribution is -0.177. The Labute approximate surface area is 220 Å². The lowest BCUT2D eigenvalue weighted by atomic mass is 9.45. The van der Waals surface area contributed by atoms with Gasteiger partial charge in [-0.1, -0.05) is 13.8 Å². The Hall–Kier alpha value is -1.32. The second kappa shape index (κ2) is 9.12. The van der Waals surface area contributed by atoms with Crippen LogP contribution >= 0.6 is 0 Å². The zero-order valence-electron chi connectivity index (χ0n) is 23.2. The number of aliphatic hydroxyl groups excluding tert-OH is 3. The van der Waals surface area contributed by atoms with E-state index >= 15 is 0 Å². The molecular weight excluding hydrogens is 476 g/mol. The van der Waals surface area contributed by atoms with Crippen molar-refractivity contribution in [2.75, 3.05) is 7.11 Å². The monoisotopic (exact) mass is 522 g/mol. The van der Waals surface area contributed by atoms with Gasteiger partial charge in [0.25, 0.3) is 0 Å². The van der Waals surface area contributed by atoms with E-state index in [4.69, 9.17) is 4.74 Å². The lowest BCUT2D eigenvalue weighted by Gasteiger charge is -2.60. The molecular formula is C29H46O8. The maximum Gasteiger partial charge on any atom is 0.311 e. The first-order chi connectivity index (χ1) is 17.0. The minimum absolute atomic E-state index is 0.107. The molecule has 0 aliphatic heterocycles.